The summed E-state index contributed by atoms with van der Waals surface area (Å²) in [6.45, 7) is 0.285. The van der Waals surface area contributed by atoms with Crippen LogP contribution < -0.4 is 9.47 Å². The molecular formula is C23H21ClN2O3. The summed E-state index contributed by atoms with van der Waals surface area (Å²) in [5.41, 5.74) is 2.56. The number of carbonyl (C=O) groups excluding carboxylic acids is 1. The first-order valence-corrected chi connectivity index (χ1v) is 9.06. The van der Waals surface area contributed by atoms with Crippen LogP contribution in [0.2, 0.25) is 5.02 Å². The lowest BCUT2D eigenvalue weighted by Gasteiger charge is -2.14. The van der Waals surface area contributed by atoms with Gasteiger partial charge in [0.2, 0.25) is 0 Å². The maximum Gasteiger partial charge on any atom is 0.199 e. The third kappa shape index (κ3) is 4.10. The van der Waals surface area contributed by atoms with Crippen LogP contribution in [0, 0.1) is 0 Å². The molecule has 29 heavy (non-hydrogen) atoms. The van der Waals surface area contributed by atoms with Crippen LogP contribution in [0.15, 0.2) is 67.0 Å². The minimum Gasteiger partial charge on any atom is -0.493 e. The summed E-state index contributed by atoms with van der Waals surface area (Å²) in [5, 5.41) is 1.42. The number of aromatic amines is 1. The zero-order valence-corrected chi connectivity index (χ0v) is 15.9. The number of nitrogens with zero attached hydrogens (tertiary/aromatic N) is 1. The number of ketones is 1. The van der Waals surface area contributed by atoms with Gasteiger partial charge in [0.15, 0.2) is 17.3 Å². The highest BCUT2D eigenvalue weighted by Crippen LogP contribution is 2.34. The van der Waals surface area contributed by atoms with E-state index in [2.05, 4.69) is 9.97 Å². The van der Waals surface area contributed by atoms with Crippen molar-refractivity contribution >= 4 is 28.4 Å². The number of hydrogen-bond acceptors (Lipinski definition) is 4. The first kappa shape index (κ1) is 20.4. The minimum atomic E-state index is -0.163. The number of halogens is 1. The predicted octanol–water partition coefficient (Wildman–Crippen LogP) is 5.67. The van der Waals surface area contributed by atoms with E-state index in [1.165, 1.54) is 0 Å². The molecule has 0 saturated carbocycles. The molecule has 0 spiro atoms. The molecule has 1 N–H and O–H groups in total. The number of para-hydroxylation sites is 1. The average molecular weight is 409 g/mol. The van der Waals surface area contributed by atoms with Gasteiger partial charge in [-0.1, -0.05) is 37.2 Å². The number of pyridine rings is 1. The Kier molecular flexibility index (Phi) is 6.20. The van der Waals surface area contributed by atoms with Gasteiger partial charge in [0, 0.05) is 28.4 Å². The molecule has 0 fully saturated rings. The van der Waals surface area contributed by atoms with Gasteiger partial charge < -0.3 is 14.5 Å². The lowest BCUT2D eigenvalue weighted by atomic mass is 10.0. The Morgan fingerprint density at radius 2 is 1.86 bits per heavy atom. The molecule has 4 aromatic rings. The van der Waals surface area contributed by atoms with Crippen molar-refractivity contribution in [1.29, 1.82) is 0 Å². The number of fused-ring (bicyclic) bond motifs is 1. The molecule has 6 heteroatoms. The molecule has 148 valence electrons. The number of methoxy groups -OCH3 is 1. The van der Waals surface area contributed by atoms with Crippen molar-refractivity contribution in [2.75, 3.05) is 7.11 Å². The van der Waals surface area contributed by atoms with Gasteiger partial charge in [0.25, 0.3) is 0 Å². The third-order valence-corrected chi connectivity index (χ3v) is 4.69. The van der Waals surface area contributed by atoms with E-state index >= 15 is 0 Å². The standard InChI is InChI=1S/C22H17ClN2O3.CH4/c1-27-19-6-2-4-17(21(19)28-13-14-7-9-15(23)10-8-14)20(26)18-12-25-22-16(18)5-3-11-24-22;/h2-12H,13H2,1H3,(H,24,25);1H4. The fraction of sp³-hybridized carbons (Fsp3) is 0.130. The fourth-order valence-electron chi connectivity index (χ4n) is 3.03. The van der Waals surface area contributed by atoms with Crippen molar-refractivity contribution in [3.05, 3.63) is 88.7 Å². The van der Waals surface area contributed by atoms with Crippen LogP contribution in [0.25, 0.3) is 11.0 Å². The molecular weight excluding hydrogens is 388 g/mol. The van der Waals surface area contributed by atoms with E-state index in [1.807, 2.05) is 18.2 Å². The molecule has 0 unspecified atom stereocenters. The molecule has 2 aromatic heterocycles. The van der Waals surface area contributed by atoms with Crippen molar-refractivity contribution in [3.63, 3.8) is 0 Å². The zero-order valence-electron chi connectivity index (χ0n) is 15.1. The highest BCUT2D eigenvalue weighted by molar-refractivity contribution is 6.30. The number of rotatable bonds is 6. The Balaban J connectivity index is 0.00000240. The molecule has 0 aliphatic rings. The fourth-order valence-corrected chi connectivity index (χ4v) is 3.16. The zero-order chi connectivity index (χ0) is 19.5. The average Bonchev–Trinajstić information content (AvgIpc) is 3.17. The van der Waals surface area contributed by atoms with Crippen LogP contribution in [0.1, 0.15) is 28.9 Å². The van der Waals surface area contributed by atoms with Gasteiger partial charge in [-0.2, -0.15) is 0 Å². The number of hydrogen-bond donors (Lipinski definition) is 1. The molecule has 0 aliphatic heterocycles. The molecule has 0 bridgehead atoms. The van der Waals surface area contributed by atoms with E-state index in [9.17, 15) is 4.79 Å². The van der Waals surface area contributed by atoms with Crippen LogP contribution in [-0.4, -0.2) is 22.9 Å². The molecule has 4 rings (SSSR count). The summed E-state index contributed by atoms with van der Waals surface area (Å²) in [4.78, 5) is 20.5. The minimum absolute atomic E-state index is 0. The summed E-state index contributed by atoms with van der Waals surface area (Å²) in [6.07, 6.45) is 3.35. The van der Waals surface area contributed by atoms with E-state index in [0.29, 0.717) is 33.3 Å². The second-order valence-electron chi connectivity index (χ2n) is 6.18. The second-order valence-corrected chi connectivity index (χ2v) is 6.62. The molecule has 0 radical (unpaired) electrons. The van der Waals surface area contributed by atoms with E-state index in [-0.39, 0.29) is 19.8 Å². The van der Waals surface area contributed by atoms with Gasteiger partial charge in [-0.15, -0.1) is 0 Å². The van der Waals surface area contributed by atoms with Crippen molar-refractivity contribution in [2.45, 2.75) is 14.0 Å². The monoisotopic (exact) mass is 408 g/mol. The van der Waals surface area contributed by atoms with Gasteiger partial charge in [-0.05, 0) is 42.0 Å². The number of aromatic nitrogens is 2. The van der Waals surface area contributed by atoms with Crippen LogP contribution in [0.3, 0.4) is 0 Å². The number of ether oxygens (including phenoxy) is 2. The Labute approximate surface area is 174 Å². The van der Waals surface area contributed by atoms with Crippen molar-refractivity contribution in [2.24, 2.45) is 0 Å². The van der Waals surface area contributed by atoms with Crippen molar-refractivity contribution in [3.8, 4) is 11.5 Å². The molecule has 0 atom stereocenters. The normalized spacial score (nSPS) is 10.4. The number of carbonyl (C=O) groups is 1. The lowest BCUT2D eigenvalue weighted by molar-refractivity contribution is 0.103. The van der Waals surface area contributed by atoms with Crippen LogP contribution in [-0.2, 0) is 6.61 Å². The van der Waals surface area contributed by atoms with E-state index < -0.39 is 0 Å². The Bertz CT molecular complexity index is 1140. The van der Waals surface area contributed by atoms with Crippen LogP contribution in [0.4, 0.5) is 0 Å². The number of nitrogens with one attached hydrogen (secondary N) is 1. The molecule has 2 aromatic carbocycles. The van der Waals surface area contributed by atoms with Crippen LogP contribution >= 0.6 is 11.6 Å². The van der Waals surface area contributed by atoms with Gasteiger partial charge in [0.1, 0.15) is 12.3 Å². The predicted molar refractivity (Wildman–Crippen MR) is 115 cm³/mol. The van der Waals surface area contributed by atoms with Crippen molar-refractivity contribution in [1.82, 2.24) is 9.97 Å². The highest BCUT2D eigenvalue weighted by Gasteiger charge is 2.21. The maximum absolute atomic E-state index is 13.3. The highest BCUT2D eigenvalue weighted by atomic mass is 35.5. The van der Waals surface area contributed by atoms with E-state index in [4.69, 9.17) is 21.1 Å². The summed E-state index contributed by atoms with van der Waals surface area (Å²) >= 11 is 5.93. The third-order valence-electron chi connectivity index (χ3n) is 4.44. The van der Waals surface area contributed by atoms with Gasteiger partial charge in [0.05, 0.1) is 12.7 Å². The molecule has 0 saturated heterocycles. The van der Waals surface area contributed by atoms with E-state index in [0.717, 1.165) is 10.9 Å². The Morgan fingerprint density at radius 3 is 2.62 bits per heavy atom. The van der Waals surface area contributed by atoms with Gasteiger partial charge in [-0.3, -0.25) is 4.79 Å². The second kappa shape index (κ2) is 8.80. The Hall–Kier alpha value is -3.31. The quantitative estimate of drug-likeness (QED) is 0.417. The summed E-state index contributed by atoms with van der Waals surface area (Å²) in [6, 6.07) is 16.3. The largest absolute Gasteiger partial charge is 0.493 e. The molecule has 5 nitrogen and oxygen atoms in total. The summed E-state index contributed by atoms with van der Waals surface area (Å²) in [7, 11) is 1.55. The smallest absolute Gasteiger partial charge is 0.199 e. The van der Waals surface area contributed by atoms with Crippen LogP contribution in [0.5, 0.6) is 11.5 Å². The SMILES string of the molecule is C.COc1cccc(C(=O)c2c[nH]c3ncccc23)c1OCc1ccc(Cl)cc1. The summed E-state index contributed by atoms with van der Waals surface area (Å²) in [5.74, 6) is 0.741. The topological polar surface area (TPSA) is 64.2 Å². The first-order valence-electron chi connectivity index (χ1n) is 8.68. The maximum atomic E-state index is 13.3. The first-order chi connectivity index (χ1) is 13.7. The Morgan fingerprint density at radius 1 is 1.07 bits per heavy atom. The van der Waals surface area contributed by atoms with E-state index in [1.54, 1.807) is 55.9 Å². The number of H-pyrrole nitrogens is 1. The molecule has 0 amide bonds. The van der Waals surface area contributed by atoms with Gasteiger partial charge in [-0.25, -0.2) is 4.98 Å². The summed E-state index contributed by atoms with van der Waals surface area (Å²) < 4.78 is 11.4. The number of benzene rings is 2. The molecule has 2 heterocycles. The lowest BCUT2D eigenvalue weighted by Crippen LogP contribution is -2.07. The molecule has 0 aliphatic carbocycles. The van der Waals surface area contributed by atoms with Crippen molar-refractivity contribution < 1.29 is 14.3 Å². The van der Waals surface area contributed by atoms with Gasteiger partial charge >= 0.3 is 0 Å².